The number of hydrogen-bond acceptors (Lipinski definition) is 1. The molecule has 0 bridgehead atoms. The first-order valence-corrected chi connectivity index (χ1v) is 6.41. The lowest BCUT2D eigenvalue weighted by Gasteiger charge is -2.18. The van der Waals surface area contributed by atoms with Crippen LogP contribution in [0.25, 0.3) is 0 Å². The third-order valence-electron chi connectivity index (χ3n) is 2.55. The van der Waals surface area contributed by atoms with E-state index in [2.05, 4.69) is 65.3 Å². The molecule has 0 saturated heterocycles. The third kappa shape index (κ3) is 4.38. The minimum absolute atomic E-state index is 0.186. The van der Waals surface area contributed by atoms with Gasteiger partial charge in [0.2, 0.25) is 0 Å². The first-order chi connectivity index (χ1) is 7.65. The average Bonchev–Trinajstić information content (AvgIpc) is 2.29. The van der Waals surface area contributed by atoms with Crippen molar-refractivity contribution in [3.63, 3.8) is 0 Å². The molecule has 2 heteroatoms. The van der Waals surface area contributed by atoms with Crippen molar-refractivity contribution in [1.29, 1.82) is 0 Å². The van der Waals surface area contributed by atoms with Crippen molar-refractivity contribution in [3.05, 3.63) is 34.3 Å². The summed E-state index contributed by atoms with van der Waals surface area (Å²) in [4.78, 5) is 0. The Morgan fingerprint density at radius 2 is 2.00 bits per heavy atom. The molecule has 0 aliphatic heterocycles. The maximum Gasteiger partial charge on any atom is 0.0686 e. The summed E-state index contributed by atoms with van der Waals surface area (Å²) in [6, 6.07) is 9.01. The molecule has 86 valence electrons. The van der Waals surface area contributed by atoms with Gasteiger partial charge in [-0.3, -0.25) is 0 Å². The molecule has 0 radical (unpaired) electrons. The Bertz CT molecular complexity index is 350. The number of benzene rings is 1. The predicted octanol–water partition coefficient (Wildman–Crippen LogP) is 3.38. The maximum absolute atomic E-state index is 5.43. The van der Waals surface area contributed by atoms with Crippen LogP contribution in [0.15, 0.2) is 28.7 Å². The van der Waals surface area contributed by atoms with Gasteiger partial charge in [0.15, 0.2) is 0 Å². The second-order valence-corrected chi connectivity index (χ2v) is 4.94. The van der Waals surface area contributed by atoms with E-state index in [0.717, 1.165) is 17.3 Å². The zero-order valence-corrected chi connectivity index (χ0v) is 11.4. The first-order valence-electron chi connectivity index (χ1n) is 5.62. The molecule has 1 aromatic rings. The molecule has 1 N–H and O–H groups in total. The molecular formula is C14H18BrN. The quantitative estimate of drug-likeness (QED) is 0.815. The minimum Gasteiger partial charge on any atom is -0.301 e. The van der Waals surface area contributed by atoms with Gasteiger partial charge >= 0.3 is 0 Å². The van der Waals surface area contributed by atoms with E-state index in [-0.39, 0.29) is 6.04 Å². The van der Waals surface area contributed by atoms with Crippen molar-refractivity contribution < 1.29 is 0 Å². The lowest BCUT2D eigenvalue weighted by Crippen LogP contribution is -2.36. The van der Waals surface area contributed by atoms with Crippen molar-refractivity contribution in [3.8, 4) is 12.3 Å². The molecule has 1 rings (SSSR count). The highest BCUT2D eigenvalue weighted by Crippen LogP contribution is 2.12. The van der Waals surface area contributed by atoms with Gasteiger partial charge in [-0.15, -0.1) is 6.42 Å². The number of terminal acetylenes is 1. The Morgan fingerprint density at radius 3 is 2.50 bits per heavy atom. The van der Waals surface area contributed by atoms with Crippen LogP contribution in [0.5, 0.6) is 0 Å². The Kier molecular flexibility index (Phi) is 5.59. The molecule has 0 aromatic heterocycles. The van der Waals surface area contributed by atoms with E-state index < -0.39 is 0 Å². The Hall–Kier alpha value is -0.780. The number of rotatable bonds is 5. The van der Waals surface area contributed by atoms with Crippen molar-refractivity contribution >= 4 is 15.9 Å². The van der Waals surface area contributed by atoms with Gasteiger partial charge in [0.05, 0.1) is 6.04 Å². The highest BCUT2D eigenvalue weighted by Gasteiger charge is 2.07. The van der Waals surface area contributed by atoms with Gasteiger partial charge in [-0.05, 0) is 37.5 Å². The summed E-state index contributed by atoms with van der Waals surface area (Å²) in [5, 5.41) is 3.43. The normalized spacial score (nSPS) is 14.1. The van der Waals surface area contributed by atoms with E-state index >= 15 is 0 Å². The summed E-state index contributed by atoms with van der Waals surface area (Å²) in [6.45, 7) is 4.27. The van der Waals surface area contributed by atoms with Gasteiger partial charge in [-0.2, -0.15) is 0 Å². The largest absolute Gasteiger partial charge is 0.301 e. The van der Waals surface area contributed by atoms with Crippen LogP contribution in [0, 0.1) is 12.3 Å². The van der Waals surface area contributed by atoms with Crippen LogP contribution in [0.4, 0.5) is 0 Å². The summed E-state index contributed by atoms with van der Waals surface area (Å²) in [5.41, 5.74) is 1.33. The van der Waals surface area contributed by atoms with E-state index in [1.165, 1.54) is 5.56 Å². The Balaban J connectivity index is 2.48. The van der Waals surface area contributed by atoms with Crippen molar-refractivity contribution in [2.24, 2.45) is 0 Å². The van der Waals surface area contributed by atoms with Crippen LogP contribution in [0.2, 0.25) is 0 Å². The van der Waals surface area contributed by atoms with E-state index in [1.54, 1.807) is 0 Å². The molecule has 0 aliphatic rings. The lowest BCUT2D eigenvalue weighted by molar-refractivity contribution is 0.493. The molecule has 0 fully saturated rings. The van der Waals surface area contributed by atoms with Crippen LogP contribution in [-0.4, -0.2) is 12.1 Å². The second kappa shape index (κ2) is 6.73. The van der Waals surface area contributed by atoms with E-state index in [4.69, 9.17) is 6.42 Å². The third-order valence-corrected chi connectivity index (χ3v) is 3.08. The monoisotopic (exact) mass is 279 g/mol. The zero-order chi connectivity index (χ0) is 12.0. The van der Waals surface area contributed by atoms with Crippen molar-refractivity contribution in [2.45, 2.75) is 38.8 Å². The summed E-state index contributed by atoms with van der Waals surface area (Å²) in [6.07, 6.45) is 7.40. The molecule has 2 unspecified atom stereocenters. The highest BCUT2D eigenvalue weighted by atomic mass is 79.9. The number of nitrogens with one attached hydrogen (secondary N) is 1. The number of hydrogen-bond donors (Lipinski definition) is 1. The summed E-state index contributed by atoms with van der Waals surface area (Å²) < 4.78 is 1.12. The lowest BCUT2D eigenvalue weighted by atomic mass is 10.1. The molecule has 1 aromatic carbocycles. The fraction of sp³-hybridized carbons (Fsp3) is 0.429. The van der Waals surface area contributed by atoms with Crippen LogP contribution in [-0.2, 0) is 6.42 Å². The molecular weight excluding hydrogens is 262 g/mol. The van der Waals surface area contributed by atoms with Crippen molar-refractivity contribution in [1.82, 2.24) is 5.32 Å². The Morgan fingerprint density at radius 1 is 1.38 bits per heavy atom. The predicted molar refractivity (Wildman–Crippen MR) is 73.4 cm³/mol. The number of halogens is 1. The molecule has 0 amide bonds. The Labute approximate surface area is 107 Å². The van der Waals surface area contributed by atoms with Crippen LogP contribution in [0.3, 0.4) is 0 Å². The molecule has 16 heavy (non-hydrogen) atoms. The fourth-order valence-corrected chi connectivity index (χ4v) is 1.92. The second-order valence-electron chi connectivity index (χ2n) is 4.03. The van der Waals surface area contributed by atoms with Crippen LogP contribution >= 0.6 is 15.9 Å². The van der Waals surface area contributed by atoms with Gasteiger partial charge in [-0.1, -0.05) is 40.9 Å². The first kappa shape index (κ1) is 13.3. The maximum atomic E-state index is 5.43. The molecule has 0 heterocycles. The zero-order valence-electron chi connectivity index (χ0n) is 9.83. The average molecular weight is 280 g/mol. The van der Waals surface area contributed by atoms with E-state index in [0.29, 0.717) is 6.04 Å². The SMILES string of the molecule is C#CC(CC)NC(C)Cc1ccc(Br)cc1. The molecule has 1 nitrogen and oxygen atoms in total. The molecule has 2 atom stereocenters. The molecule has 0 saturated carbocycles. The molecule has 0 spiro atoms. The minimum atomic E-state index is 0.186. The highest BCUT2D eigenvalue weighted by molar-refractivity contribution is 9.10. The summed E-state index contributed by atoms with van der Waals surface area (Å²) in [7, 11) is 0. The topological polar surface area (TPSA) is 12.0 Å². The van der Waals surface area contributed by atoms with Gasteiger partial charge < -0.3 is 5.32 Å². The van der Waals surface area contributed by atoms with Crippen LogP contribution in [0.1, 0.15) is 25.8 Å². The van der Waals surface area contributed by atoms with Gasteiger partial charge in [0.25, 0.3) is 0 Å². The smallest absolute Gasteiger partial charge is 0.0686 e. The summed E-state index contributed by atoms with van der Waals surface area (Å²) >= 11 is 3.43. The summed E-state index contributed by atoms with van der Waals surface area (Å²) in [5.74, 6) is 2.76. The van der Waals surface area contributed by atoms with Gasteiger partial charge in [0, 0.05) is 10.5 Å². The van der Waals surface area contributed by atoms with E-state index in [9.17, 15) is 0 Å². The fourth-order valence-electron chi connectivity index (χ4n) is 1.66. The van der Waals surface area contributed by atoms with Crippen molar-refractivity contribution in [2.75, 3.05) is 0 Å². The van der Waals surface area contributed by atoms with Gasteiger partial charge in [-0.25, -0.2) is 0 Å². The van der Waals surface area contributed by atoms with Gasteiger partial charge in [0.1, 0.15) is 0 Å². The van der Waals surface area contributed by atoms with Crippen LogP contribution < -0.4 is 5.32 Å². The van der Waals surface area contributed by atoms with E-state index in [1.807, 2.05) is 0 Å². The molecule has 0 aliphatic carbocycles. The standard InChI is InChI=1S/C14H18BrN/c1-4-14(5-2)16-11(3)10-12-6-8-13(15)9-7-12/h1,6-9,11,14,16H,5,10H2,2-3H3.